The summed E-state index contributed by atoms with van der Waals surface area (Å²) in [6, 6.07) is 0. The Hall–Kier alpha value is 1.21. The quantitative estimate of drug-likeness (QED) is 0.771. The SMILES string of the molecule is CC(C)(CBr)C(O)(Cl)Br. The Morgan fingerprint density at radius 3 is 1.89 bits per heavy atom. The molecule has 0 amide bonds. The zero-order valence-corrected chi connectivity index (χ0v) is 9.22. The fourth-order valence-electron chi connectivity index (χ4n) is 0.0804. The predicted octanol–water partition coefficient (Wildman–Crippen LogP) is 2.69. The van der Waals surface area contributed by atoms with Gasteiger partial charge in [-0.15, -0.1) is 0 Å². The lowest BCUT2D eigenvalue weighted by Crippen LogP contribution is -2.34. The fourth-order valence-corrected chi connectivity index (χ4v) is 1.23. The van der Waals surface area contributed by atoms with E-state index in [1.54, 1.807) is 0 Å². The van der Waals surface area contributed by atoms with Crippen molar-refractivity contribution >= 4 is 43.5 Å². The first-order valence-corrected chi connectivity index (χ1v) is 4.76. The van der Waals surface area contributed by atoms with Crippen molar-refractivity contribution < 1.29 is 5.11 Å². The van der Waals surface area contributed by atoms with Crippen LogP contribution in [0.25, 0.3) is 0 Å². The molecule has 0 aromatic carbocycles. The summed E-state index contributed by atoms with van der Waals surface area (Å²) in [5, 5.41) is 9.84. The van der Waals surface area contributed by atoms with Crippen molar-refractivity contribution in [3.8, 4) is 0 Å². The molecule has 0 fully saturated rings. The molecule has 1 N–H and O–H groups in total. The summed E-state index contributed by atoms with van der Waals surface area (Å²) >= 11 is 11.8. The van der Waals surface area contributed by atoms with Crippen molar-refractivity contribution in [2.45, 2.75) is 17.8 Å². The molecule has 0 bridgehead atoms. The van der Waals surface area contributed by atoms with E-state index in [2.05, 4.69) is 31.9 Å². The minimum Gasteiger partial charge on any atom is -0.366 e. The number of rotatable bonds is 2. The number of alkyl halides is 3. The molecule has 56 valence electrons. The zero-order valence-electron chi connectivity index (χ0n) is 5.29. The van der Waals surface area contributed by atoms with E-state index >= 15 is 0 Å². The largest absolute Gasteiger partial charge is 0.366 e. The molecular weight excluding hydrogens is 271 g/mol. The van der Waals surface area contributed by atoms with Crippen molar-refractivity contribution in [3.05, 3.63) is 0 Å². The molecular formula is C5H9Br2ClO. The third-order valence-corrected chi connectivity index (χ3v) is 4.14. The van der Waals surface area contributed by atoms with E-state index in [0.717, 1.165) is 0 Å². The summed E-state index contributed by atoms with van der Waals surface area (Å²) in [7, 11) is 0. The molecule has 0 heterocycles. The summed E-state index contributed by atoms with van der Waals surface area (Å²) in [5.74, 6) is 0. The molecule has 4 heteroatoms. The van der Waals surface area contributed by atoms with Crippen LogP contribution >= 0.6 is 43.5 Å². The van der Waals surface area contributed by atoms with Crippen molar-refractivity contribution in [3.63, 3.8) is 0 Å². The molecule has 0 rings (SSSR count). The zero-order chi connectivity index (χ0) is 7.71. The highest BCUT2D eigenvalue weighted by Crippen LogP contribution is 2.40. The Bertz CT molecular complexity index is 97.6. The molecule has 0 aromatic heterocycles. The second kappa shape index (κ2) is 3.07. The maximum absolute atomic E-state index is 9.20. The number of hydrogen-bond acceptors (Lipinski definition) is 1. The van der Waals surface area contributed by atoms with Crippen LogP contribution in [0.5, 0.6) is 0 Å². The molecule has 0 radical (unpaired) electrons. The molecule has 0 aliphatic carbocycles. The molecule has 0 saturated carbocycles. The van der Waals surface area contributed by atoms with Gasteiger partial charge in [0.2, 0.25) is 3.97 Å². The lowest BCUT2D eigenvalue weighted by atomic mass is 9.98. The normalized spacial score (nSPS) is 19.3. The van der Waals surface area contributed by atoms with Gasteiger partial charge < -0.3 is 5.11 Å². The topological polar surface area (TPSA) is 20.2 Å². The molecule has 0 aliphatic heterocycles. The standard InChI is InChI=1S/C5H9Br2ClO/c1-4(2,3-6)5(7,8)9/h9H,3H2,1-2H3. The maximum Gasteiger partial charge on any atom is 0.200 e. The van der Waals surface area contributed by atoms with Gasteiger partial charge in [0.15, 0.2) is 0 Å². The fraction of sp³-hybridized carbons (Fsp3) is 1.00. The second-order valence-electron chi connectivity index (χ2n) is 2.56. The molecule has 1 atom stereocenters. The minimum absolute atomic E-state index is 0.367. The maximum atomic E-state index is 9.20. The van der Waals surface area contributed by atoms with Gasteiger partial charge in [0.05, 0.1) is 0 Å². The average molecular weight is 280 g/mol. The number of hydrogen-bond donors (Lipinski definition) is 1. The molecule has 1 unspecified atom stereocenters. The highest BCUT2D eigenvalue weighted by molar-refractivity contribution is 9.10. The van der Waals surface area contributed by atoms with E-state index in [0.29, 0.717) is 5.33 Å². The van der Waals surface area contributed by atoms with E-state index in [9.17, 15) is 5.11 Å². The van der Waals surface area contributed by atoms with Gasteiger partial charge in [0, 0.05) is 10.7 Å². The first kappa shape index (κ1) is 10.2. The van der Waals surface area contributed by atoms with E-state index in [1.807, 2.05) is 13.8 Å². The first-order valence-electron chi connectivity index (χ1n) is 2.47. The molecule has 9 heavy (non-hydrogen) atoms. The van der Waals surface area contributed by atoms with E-state index in [4.69, 9.17) is 11.6 Å². The predicted molar refractivity (Wildman–Crippen MR) is 47.3 cm³/mol. The van der Waals surface area contributed by atoms with Crippen LogP contribution in [0.3, 0.4) is 0 Å². The Labute approximate surface area is 77.0 Å². The van der Waals surface area contributed by atoms with Crippen molar-refractivity contribution in [2.75, 3.05) is 5.33 Å². The van der Waals surface area contributed by atoms with Crippen molar-refractivity contribution in [1.29, 1.82) is 0 Å². The van der Waals surface area contributed by atoms with E-state index < -0.39 is 3.97 Å². The van der Waals surface area contributed by atoms with Gasteiger partial charge in [0.1, 0.15) is 0 Å². The molecule has 1 nitrogen and oxygen atoms in total. The van der Waals surface area contributed by atoms with Gasteiger partial charge in [-0.05, 0) is 15.9 Å². The summed E-state index contributed by atoms with van der Waals surface area (Å²) in [6.45, 7) is 3.70. The third kappa shape index (κ3) is 2.74. The van der Waals surface area contributed by atoms with Gasteiger partial charge in [-0.1, -0.05) is 41.4 Å². The second-order valence-corrected chi connectivity index (χ2v) is 5.27. The van der Waals surface area contributed by atoms with Crippen LogP contribution < -0.4 is 0 Å². The van der Waals surface area contributed by atoms with Gasteiger partial charge in [-0.3, -0.25) is 0 Å². The third-order valence-electron chi connectivity index (χ3n) is 1.15. The number of aliphatic hydroxyl groups is 1. The Balaban J connectivity index is 4.14. The Kier molecular flexibility index (Phi) is 3.49. The molecule has 0 saturated heterocycles. The average Bonchev–Trinajstić information content (AvgIpc) is 1.64. The highest BCUT2D eigenvalue weighted by atomic mass is 79.9. The summed E-state index contributed by atoms with van der Waals surface area (Å²) in [6.07, 6.45) is 0. The molecule has 0 aromatic rings. The summed E-state index contributed by atoms with van der Waals surface area (Å²) in [5.41, 5.74) is -0.367. The van der Waals surface area contributed by atoms with Crippen LogP contribution in [0.2, 0.25) is 0 Å². The smallest absolute Gasteiger partial charge is 0.200 e. The van der Waals surface area contributed by atoms with Crippen molar-refractivity contribution in [1.82, 2.24) is 0 Å². The summed E-state index contributed by atoms with van der Waals surface area (Å²) in [4.78, 5) is 0. The van der Waals surface area contributed by atoms with Crippen molar-refractivity contribution in [2.24, 2.45) is 5.41 Å². The lowest BCUT2D eigenvalue weighted by Gasteiger charge is -2.30. The molecule has 0 spiro atoms. The minimum atomic E-state index is -1.32. The molecule has 0 aliphatic rings. The lowest BCUT2D eigenvalue weighted by molar-refractivity contribution is 0.115. The summed E-state index contributed by atoms with van der Waals surface area (Å²) < 4.78 is -1.32. The van der Waals surface area contributed by atoms with Crippen LogP contribution in [-0.4, -0.2) is 14.4 Å². The van der Waals surface area contributed by atoms with E-state index in [-0.39, 0.29) is 5.41 Å². The van der Waals surface area contributed by atoms with Gasteiger partial charge in [0.25, 0.3) is 0 Å². The van der Waals surface area contributed by atoms with Crippen LogP contribution in [0.15, 0.2) is 0 Å². The van der Waals surface area contributed by atoms with Gasteiger partial charge in [-0.25, -0.2) is 0 Å². The van der Waals surface area contributed by atoms with Crippen LogP contribution in [0.1, 0.15) is 13.8 Å². The van der Waals surface area contributed by atoms with Crippen LogP contribution in [0, 0.1) is 5.41 Å². The van der Waals surface area contributed by atoms with Gasteiger partial charge in [-0.2, -0.15) is 0 Å². The highest BCUT2D eigenvalue weighted by Gasteiger charge is 2.38. The Morgan fingerprint density at radius 2 is 1.89 bits per heavy atom. The number of halogens is 3. The Morgan fingerprint density at radius 1 is 1.56 bits per heavy atom. The monoisotopic (exact) mass is 278 g/mol. The van der Waals surface area contributed by atoms with Crippen LogP contribution in [0.4, 0.5) is 0 Å². The first-order chi connectivity index (χ1) is 3.81. The van der Waals surface area contributed by atoms with E-state index in [1.165, 1.54) is 0 Å². The van der Waals surface area contributed by atoms with Crippen LogP contribution in [-0.2, 0) is 0 Å². The van der Waals surface area contributed by atoms with Gasteiger partial charge >= 0.3 is 0 Å².